The van der Waals surface area contributed by atoms with Crippen LogP contribution in [0.5, 0.6) is 0 Å². The third-order valence-corrected chi connectivity index (χ3v) is 2.48. The molecule has 1 unspecified atom stereocenters. The third kappa shape index (κ3) is 4.33. The Hall–Kier alpha value is -0.870. The zero-order valence-corrected chi connectivity index (χ0v) is 10.7. The van der Waals surface area contributed by atoms with Crippen LogP contribution in [0.3, 0.4) is 0 Å². The quantitative estimate of drug-likeness (QED) is 0.832. The Balaban J connectivity index is 2.44. The van der Waals surface area contributed by atoms with E-state index in [1.54, 1.807) is 4.68 Å². The lowest BCUT2D eigenvalue weighted by Crippen LogP contribution is -2.18. The number of hydrogen-bond donors (Lipinski definition) is 1. The molecule has 16 heavy (non-hydrogen) atoms. The van der Waals surface area contributed by atoms with Crippen molar-refractivity contribution in [2.45, 2.75) is 33.3 Å². The van der Waals surface area contributed by atoms with Gasteiger partial charge in [0.1, 0.15) is 0 Å². The number of aromatic nitrogens is 2. The summed E-state index contributed by atoms with van der Waals surface area (Å²) in [5.74, 6) is 0. The van der Waals surface area contributed by atoms with Crippen molar-refractivity contribution in [3.8, 4) is 0 Å². The molecule has 0 fully saturated rings. The van der Waals surface area contributed by atoms with Crippen molar-refractivity contribution in [2.24, 2.45) is 18.2 Å². The summed E-state index contributed by atoms with van der Waals surface area (Å²) < 4.78 is 7.56. The molecule has 0 aromatic carbocycles. The second kappa shape index (κ2) is 5.46. The Morgan fingerprint density at radius 2 is 2.19 bits per heavy atom. The van der Waals surface area contributed by atoms with Gasteiger partial charge in [0, 0.05) is 32.0 Å². The molecular formula is C12H23N3O. The van der Waals surface area contributed by atoms with Gasteiger partial charge in [-0.1, -0.05) is 20.8 Å². The summed E-state index contributed by atoms with van der Waals surface area (Å²) in [5, 5.41) is 4.12. The second-order valence-electron chi connectivity index (χ2n) is 5.35. The van der Waals surface area contributed by atoms with E-state index in [1.165, 1.54) is 0 Å². The Labute approximate surface area is 97.8 Å². The molecule has 2 N–H and O–H groups in total. The summed E-state index contributed by atoms with van der Waals surface area (Å²) in [6.45, 7) is 7.85. The molecule has 4 heteroatoms. The van der Waals surface area contributed by atoms with Crippen molar-refractivity contribution in [1.29, 1.82) is 0 Å². The van der Waals surface area contributed by atoms with Crippen LogP contribution >= 0.6 is 0 Å². The van der Waals surface area contributed by atoms with Crippen molar-refractivity contribution in [2.75, 3.05) is 13.2 Å². The summed E-state index contributed by atoms with van der Waals surface area (Å²) in [6, 6.07) is 0. The van der Waals surface area contributed by atoms with Crippen molar-refractivity contribution >= 4 is 0 Å². The maximum absolute atomic E-state index is 5.79. The van der Waals surface area contributed by atoms with Gasteiger partial charge in [0.25, 0.3) is 0 Å². The molecule has 0 saturated carbocycles. The van der Waals surface area contributed by atoms with Crippen LogP contribution in [0.1, 0.15) is 38.9 Å². The first kappa shape index (κ1) is 13.2. The molecular weight excluding hydrogens is 202 g/mol. The lowest BCUT2D eigenvalue weighted by molar-refractivity contribution is 0.0422. The summed E-state index contributed by atoms with van der Waals surface area (Å²) in [4.78, 5) is 0. The molecule has 1 aromatic rings. The Morgan fingerprint density at radius 1 is 1.50 bits per heavy atom. The Kier molecular flexibility index (Phi) is 4.50. The zero-order chi connectivity index (χ0) is 12.2. The van der Waals surface area contributed by atoms with Crippen molar-refractivity contribution < 1.29 is 4.74 Å². The molecule has 0 aliphatic rings. The van der Waals surface area contributed by atoms with Crippen LogP contribution in [0.25, 0.3) is 0 Å². The Bertz CT molecular complexity index is 314. The van der Waals surface area contributed by atoms with Gasteiger partial charge in [0.2, 0.25) is 0 Å². The minimum absolute atomic E-state index is 0.0314. The predicted molar refractivity (Wildman–Crippen MR) is 65.0 cm³/mol. The number of rotatable bonds is 5. The van der Waals surface area contributed by atoms with E-state index in [2.05, 4.69) is 25.9 Å². The van der Waals surface area contributed by atoms with Gasteiger partial charge >= 0.3 is 0 Å². The van der Waals surface area contributed by atoms with E-state index in [9.17, 15) is 0 Å². The normalized spacial score (nSPS) is 14.1. The molecule has 92 valence electrons. The van der Waals surface area contributed by atoms with Crippen LogP contribution in [0.15, 0.2) is 12.4 Å². The number of hydrogen-bond acceptors (Lipinski definition) is 3. The van der Waals surface area contributed by atoms with Crippen molar-refractivity contribution in [1.82, 2.24) is 9.78 Å². The summed E-state index contributed by atoms with van der Waals surface area (Å²) in [6.07, 6.45) is 4.77. The predicted octanol–water partition coefficient (Wildman–Crippen LogP) is 1.87. The van der Waals surface area contributed by atoms with E-state index in [0.29, 0.717) is 12.0 Å². The van der Waals surface area contributed by atoms with Crippen LogP contribution < -0.4 is 5.73 Å². The van der Waals surface area contributed by atoms with E-state index < -0.39 is 0 Å². The van der Waals surface area contributed by atoms with E-state index >= 15 is 0 Å². The smallest absolute Gasteiger partial charge is 0.0977 e. The monoisotopic (exact) mass is 225 g/mol. The highest BCUT2D eigenvalue weighted by atomic mass is 16.5. The molecule has 1 heterocycles. The largest absolute Gasteiger partial charge is 0.372 e. The van der Waals surface area contributed by atoms with Gasteiger partial charge in [-0.15, -0.1) is 0 Å². The van der Waals surface area contributed by atoms with Gasteiger partial charge in [-0.25, -0.2) is 0 Å². The average Bonchev–Trinajstić information content (AvgIpc) is 2.58. The lowest BCUT2D eigenvalue weighted by atomic mass is 9.93. The SMILES string of the molecule is Cn1cc(C(CN)OCCC(C)(C)C)cn1. The fourth-order valence-corrected chi connectivity index (χ4v) is 1.41. The fourth-order valence-electron chi connectivity index (χ4n) is 1.41. The van der Waals surface area contributed by atoms with E-state index in [4.69, 9.17) is 10.5 Å². The Morgan fingerprint density at radius 3 is 2.62 bits per heavy atom. The number of nitrogens with two attached hydrogens (primary N) is 1. The van der Waals surface area contributed by atoms with E-state index in [1.807, 2.05) is 19.4 Å². The van der Waals surface area contributed by atoms with Gasteiger partial charge in [-0.2, -0.15) is 5.10 Å². The van der Waals surface area contributed by atoms with Crippen LogP contribution in [0, 0.1) is 5.41 Å². The van der Waals surface area contributed by atoms with Crippen LogP contribution in [-0.2, 0) is 11.8 Å². The molecule has 0 aliphatic carbocycles. The first-order valence-electron chi connectivity index (χ1n) is 5.72. The molecule has 0 radical (unpaired) electrons. The minimum atomic E-state index is -0.0314. The van der Waals surface area contributed by atoms with Gasteiger partial charge < -0.3 is 10.5 Å². The van der Waals surface area contributed by atoms with E-state index in [-0.39, 0.29) is 6.10 Å². The molecule has 4 nitrogen and oxygen atoms in total. The molecule has 0 amide bonds. The summed E-state index contributed by atoms with van der Waals surface area (Å²) >= 11 is 0. The maximum Gasteiger partial charge on any atom is 0.0977 e. The van der Waals surface area contributed by atoms with Gasteiger partial charge in [-0.3, -0.25) is 4.68 Å². The molecule has 0 bridgehead atoms. The average molecular weight is 225 g/mol. The van der Waals surface area contributed by atoms with Crippen LogP contribution in [-0.4, -0.2) is 22.9 Å². The number of aryl methyl sites for hydroxylation is 1. The van der Waals surface area contributed by atoms with E-state index in [0.717, 1.165) is 18.6 Å². The molecule has 1 rings (SSSR count). The molecule has 0 saturated heterocycles. The van der Waals surface area contributed by atoms with Crippen molar-refractivity contribution in [3.63, 3.8) is 0 Å². The summed E-state index contributed by atoms with van der Waals surface area (Å²) in [5.41, 5.74) is 7.06. The lowest BCUT2D eigenvalue weighted by Gasteiger charge is -2.20. The highest BCUT2D eigenvalue weighted by Crippen LogP contribution is 2.21. The topological polar surface area (TPSA) is 53.1 Å². The zero-order valence-electron chi connectivity index (χ0n) is 10.7. The van der Waals surface area contributed by atoms with Crippen molar-refractivity contribution in [3.05, 3.63) is 18.0 Å². The van der Waals surface area contributed by atoms with Gasteiger partial charge in [0.05, 0.1) is 12.3 Å². The highest BCUT2D eigenvalue weighted by molar-refractivity contribution is 5.08. The maximum atomic E-state index is 5.79. The van der Waals surface area contributed by atoms with Gasteiger partial charge in [0.15, 0.2) is 0 Å². The molecule has 1 atom stereocenters. The summed E-state index contributed by atoms with van der Waals surface area (Å²) in [7, 11) is 1.90. The standard InChI is InChI=1S/C12H23N3O/c1-12(2,3)5-6-16-11(7-13)10-8-14-15(4)9-10/h8-9,11H,5-7,13H2,1-4H3. The third-order valence-electron chi connectivity index (χ3n) is 2.48. The highest BCUT2D eigenvalue weighted by Gasteiger charge is 2.15. The molecule has 1 aromatic heterocycles. The number of ether oxygens (including phenoxy) is 1. The van der Waals surface area contributed by atoms with Crippen LogP contribution in [0.2, 0.25) is 0 Å². The van der Waals surface area contributed by atoms with Crippen LogP contribution in [0.4, 0.5) is 0 Å². The fraction of sp³-hybridized carbons (Fsp3) is 0.750. The molecule has 0 spiro atoms. The first-order chi connectivity index (χ1) is 7.42. The first-order valence-corrected chi connectivity index (χ1v) is 5.72. The second-order valence-corrected chi connectivity index (χ2v) is 5.35. The number of nitrogens with zero attached hydrogens (tertiary/aromatic N) is 2. The molecule has 0 aliphatic heterocycles. The minimum Gasteiger partial charge on any atom is -0.372 e. The van der Waals surface area contributed by atoms with Gasteiger partial charge in [-0.05, 0) is 11.8 Å².